The number of carboxylic acids is 1. The zero-order valence-electron chi connectivity index (χ0n) is 14.2. The summed E-state index contributed by atoms with van der Waals surface area (Å²) in [6.07, 6.45) is 4.70. The largest absolute Gasteiger partial charge is 0.478 e. The quantitative estimate of drug-likeness (QED) is 0.645. The number of pyridine rings is 1. The molecule has 4 nitrogen and oxygen atoms in total. The average Bonchev–Trinajstić information content (AvgIpc) is 2.62. The Kier molecular flexibility index (Phi) is 4.98. The molecule has 0 radical (unpaired) electrons. The van der Waals surface area contributed by atoms with Gasteiger partial charge in [0.05, 0.1) is 5.56 Å². The van der Waals surface area contributed by atoms with Crippen LogP contribution in [0.15, 0.2) is 53.3 Å². The maximum absolute atomic E-state index is 12.4. The highest BCUT2D eigenvalue weighted by molar-refractivity contribution is 5.93. The van der Waals surface area contributed by atoms with Crippen molar-refractivity contribution in [3.8, 4) is 11.3 Å². The number of aryl methyl sites for hydroxylation is 1. The molecule has 2 aromatic carbocycles. The summed E-state index contributed by atoms with van der Waals surface area (Å²) in [4.78, 5) is 26.7. The first kappa shape index (κ1) is 17.0. The van der Waals surface area contributed by atoms with Gasteiger partial charge in [-0.15, -0.1) is 0 Å². The lowest BCUT2D eigenvalue weighted by Gasteiger charge is -2.07. The van der Waals surface area contributed by atoms with Crippen molar-refractivity contribution in [2.45, 2.75) is 32.6 Å². The van der Waals surface area contributed by atoms with Crippen molar-refractivity contribution in [1.82, 2.24) is 4.98 Å². The fourth-order valence-corrected chi connectivity index (χ4v) is 2.97. The monoisotopic (exact) mass is 335 g/mol. The molecule has 2 N–H and O–H groups in total. The van der Waals surface area contributed by atoms with E-state index >= 15 is 0 Å². The van der Waals surface area contributed by atoms with Gasteiger partial charge in [-0.1, -0.05) is 44.0 Å². The van der Waals surface area contributed by atoms with Gasteiger partial charge in [0.2, 0.25) is 0 Å². The predicted octanol–water partition coefficient (Wildman–Crippen LogP) is 4.63. The van der Waals surface area contributed by atoms with Crippen LogP contribution >= 0.6 is 0 Å². The molecule has 3 rings (SSSR count). The van der Waals surface area contributed by atoms with Gasteiger partial charge in [-0.05, 0) is 42.2 Å². The topological polar surface area (TPSA) is 70.2 Å². The number of H-pyrrole nitrogens is 1. The molecule has 1 heterocycles. The highest BCUT2D eigenvalue weighted by Crippen LogP contribution is 2.20. The minimum atomic E-state index is -1.04. The molecule has 0 amide bonds. The number of aromatic carboxylic acids is 1. The van der Waals surface area contributed by atoms with E-state index in [4.69, 9.17) is 5.11 Å². The van der Waals surface area contributed by atoms with Crippen LogP contribution in [0.4, 0.5) is 0 Å². The number of benzene rings is 2. The zero-order valence-corrected chi connectivity index (χ0v) is 14.2. The number of aromatic amines is 1. The summed E-state index contributed by atoms with van der Waals surface area (Å²) < 4.78 is 0. The van der Waals surface area contributed by atoms with E-state index < -0.39 is 5.97 Å². The number of unbranched alkanes of at least 4 members (excludes halogenated alkanes) is 2. The van der Waals surface area contributed by atoms with E-state index in [9.17, 15) is 9.59 Å². The predicted molar refractivity (Wildman–Crippen MR) is 100 cm³/mol. The maximum atomic E-state index is 12.4. The highest BCUT2D eigenvalue weighted by Gasteiger charge is 2.08. The fourth-order valence-electron chi connectivity index (χ4n) is 2.97. The molecule has 25 heavy (non-hydrogen) atoms. The van der Waals surface area contributed by atoms with Gasteiger partial charge in [-0.25, -0.2) is 4.79 Å². The van der Waals surface area contributed by atoms with Crippen molar-refractivity contribution in [2.75, 3.05) is 0 Å². The van der Waals surface area contributed by atoms with Gasteiger partial charge < -0.3 is 10.1 Å². The number of hydrogen-bond donors (Lipinski definition) is 2. The number of nitrogens with one attached hydrogen (secondary N) is 1. The van der Waals surface area contributed by atoms with Gasteiger partial charge in [0, 0.05) is 22.7 Å². The summed E-state index contributed by atoms with van der Waals surface area (Å²) in [5.41, 5.74) is 3.55. The third-order valence-corrected chi connectivity index (χ3v) is 4.41. The van der Waals surface area contributed by atoms with E-state index in [0.29, 0.717) is 10.9 Å². The van der Waals surface area contributed by atoms with Gasteiger partial charge >= 0.3 is 5.97 Å². The van der Waals surface area contributed by atoms with Gasteiger partial charge in [-0.3, -0.25) is 4.79 Å². The molecule has 0 spiro atoms. The molecule has 0 saturated heterocycles. The van der Waals surface area contributed by atoms with Crippen molar-refractivity contribution in [3.05, 3.63) is 69.9 Å². The van der Waals surface area contributed by atoms with E-state index in [0.717, 1.165) is 17.7 Å². The van der Waals surface area contributed by atoms with E-state index in [-0.39, 0.29) is 11.0 Å². The molecule has 0 aliphatic rings. The number of fused-ring (bicyclic) bond motifs is 1. The number of hydrogen-bond acceptors (Lipinski definition) is 2. The fraction of sp³-hybridized carbons (Fsp3) is 0.238. The average molecular weight is 335 g/mol. The zero-order chi connectivity index (χ0) is 17.8. The van der Waals surface area contributed by atoms with Crippen LogP contribution in [0.5, 0.6) is 0 Å². The maximum Gasteiger partial charge on any atom is 0.335 e. The van der Waals surface area contributed by atoms with Crippen LogP contribution < -0.4 is 5.43 Å². The van der Waals surface area contributed by atoms with Crippen molar-refractivity contribution in [2.24, 2.45) is 0 Å². The van der Waals surface area contributed by atoms with Crippen molar-refractivity contribution in [1.29, 1.82) is 0 Å². The Labute approximate surface area is 146 Å². The molecule has 4 heteroatoms. The van der Waals surface area contributed by atoms with Gasteiger partial charge in [0.15, 0.2) is 5.43 Å². The van der Waals surface area contributed by atoms with Gasteiger partial charge in [0.25, 0.3) is 0 Å². The Morgan fingerprint density at radius 2 is 1.80 bits per heavy atom. The molecule has 0 saturated carbocycles. The second-order valence-corrected chi connectivity index (χ2v) is 6.27. The van der Waals surface area contributed by atoms with Gasteiger partial charge in [0.1, 0.15) is 0 Å². The minimum absolute atomic E-state index is 0.113. The highest BCUT2D eigenvalue weighted by atomic mass is 16.4. The summed E-state index contributed by atoms with van der Waals surface area (Å²) in [6.45, 7) is 2.19. The Morgan fingerprint density at radius 1 is 1.04 bits per heavy atom. The molecule has 0 atom stereocenters. The van der Waals surface area contributed by atoms with Crippen molar-refractivity contribution >= 4 is 16.9 Å². The lowest BCUT2D eigenvalue weighted by molar-refractivity contribution is 0.0697. The Hall–Kier alpha value is -2.88. The van der Waals surface area contributed by atoms with E-state index in [2.05, 4.69) is 24.0 Å². The number of aromatic nitrogens is 1. The summed E-state index contributed by atoms with van der Waals surface area (Å²) in [5.74, 6) is -1.04. The molecule has 128 valence electrons. The summed E-state index contributed by atoms with van der Waals surface area (Å²) >= 11 is 0. The molecule has 3 aromatic rings. The second kappa shape index (κ2) is 7.34. The van der Waals surface area contributed by atoms with Crippen LogP contribution in [-0.2, 0) is 6.42 Å². The third kappa shape index (κ3) is 3.79. The first-order chi connectivity index (χ1) is 12.1. The summed E-state index contributed by atoms with van der Waals surface area (Å²) in [5, 5.41) is 9.45. The molecule has 0 bridgehead atoms. The first-order valence-corrected chi connectivity index (χ1v) is 8.58. The van der Waals surface area contributed by atoms with E-state index in [1.165, 1.54) is 43.0 Å². The number of carboxylic acid groups (broad SMARTS) is 1. The van der Waals surface area contributed by atoms with Crippen LogP contribution in [-0.4, -0.2) is 16.1 Å². The van der Waals surface area contributed by atoms with Crippen molar-refractivity contribution in [3.63, 3.8) is 0 Å². The molecule has 0 fully saturated rings. The van der Waals surface area contributed by atoms with Crippen LogP contribution in [0.25, 0.3) is 22.2 Å². The summed E-state index contributed by atoms with van der Waals surface area (Å²) in [6, 6.07) is 14.3. The van der Waals surface area contributed by atoms with E-state index in [1.807, 2.05) is 12.1 Å². The van der Waals surface area contributed by atoms with Crippen LogP contribution in [0, 0.1) is 0 Å². The van der Waals surface area contributed by atoms with Crippen LogP contribution in [0.1, 0.15) is 42.1 Å². The van der Waals surface area contributed by atoms with Crippen LogP contribution in [0.2, 0.25) is 0 Å². The molecule has 0 aliphatic heterocycles. The van der Waals surface area contributed by atoms with Gasteiger partial charge in [-0.2, -0.15) is 0 Å². The Balaban J connectivity index is 1.92. The summed E-state index contributed by atoms with van der Waals surface area (Å²) in [7, 11) is 0. The molecule has 1 aromatic heterocycles. The lowest BCUT2D eigenvalue weighted by Crippen LogP contribution is -2.05. The molecule has 0 aliphatic carbocycles. The van der Waals surface area contributed by atoms with Crippen LogP contribution in [0.3, 0.4) is 0 Å². The Morgan fingerprint density at radius 3 is 2.48 bits per heavy atom. The third-order valence-electron chi connectivity index (χ3n) is 4.41. The minimum Gasteiger partial charge on any atom is -0.478 e. The standard InChI is InChI=1S/C21H21NO3/c1-2-3-4-5-14-6-8-15(9-7-14)19-13-20(23)17-12-16(21(24)25)10-11-18(17)22-19/h6-13H,2-5H2,1H3,(H,22,23)(H,24,25). The first-order valence-electron chi connectivity index (χ1n) is 8.58. The second-order valence-electron chi connectivity index (χ2n) is 6.27. The number of carbonyl (C=O) groups is 1. The van der Waals surface area contributed by atoms with E-state index in [1.54, 1.807) is 6.07 Å². The Bertz CT molecular complexity index is 955. The molecule has 0 unspecified atom stereocenters. The SMILES string of the molecule is CCCCCc1ccc(-c2cc(=O)c3cc(C(=O)O)ccc3[nH]2)cc1. The molecular weight excluding hydrogens is 314 g/mol. The number of rotatable bonds is 6. The van der Waals surface area contributed by atoms with Crippen molar-refractivity contribution < 1.29 is 9.90 Å². The lowest BCUT2D eigenvalue weighted by atomic mass is 10.0. The molecular formula is C21H21NO3. The normalized spacial score (nSPS) is 10.9. The smallest absolute Gasteiger partial charge is 0.335 e.